The summed E-state index contributed by atoms with van der Waals surface area (Å²) in [5, 5.41) is 3.35. The van der Waals surface area contributed by atoms with Gasteiger partial charge in [-0.2, -0.15) is 0 Å². The Morgan fingerprint density at radius 1 is 1.33 bits per heavy atom. The van der Waals surface area contributed by atoms with Crippen molar-refractivity contribution in [2.45, 2.75) is 39.4 Å². The highest BCUT2D eigenvalue weighted by Crippen LogP contribution is 2.09. The van der Waals surface area contributed by atoms with Crippen molar-refractivity contribution in [2.24, 2.45) is 5.92 Å². The van der Waals surface area contributed by atoms with E-state index in [-0.39, 0.29) is 5.24 Å². The van der Waals surface area contributed by atoms with E-state index in [1.807, 2.05) is 13.8 Å². The summed E-state index contributed by atoms with van der Waals surface area (Å²) in [5.74, 6) is 0.661. The Balaban J connectivity index is 3.32. The number of amides is 1. The normalized spacial score (nSPS) is 10.8. The minimum absolute atomic E-state index is 0.102. The maximum atomic E-state index is 11.1. The zero-order valence-electron chi connectivity index (χ0n) is 8.39. The first-order valence-electron chi connectivity index (χ1n) is 4.47. The molecule has 1 amide bonds. The lowest BCUT2D eigenvalue weighted by Crippen LogP contribution is -2.22. The molecule has 0 heterocycles. The number of hydrogen-bond acceptors (Lipinski definition) is 2. The Kier molecular flexibility index (Phi) is 6.25. The second-order valence-electron chi connectivity index (χ2n) is 3.56. The minimum atomic E-state index is 0.102. The van der Waals surface area contributed by atoms with Crippen molar-refractivity contribution in [3.8, 4) is 0 Å². The lowest BCUT2D eigenvalue weighted by atomic mass is 10.1. The van der Waals surface area contributed by atoms with E-state index in [1.54, 1.807) is 0 Å². The SMILES string of the molecule is CC(C)CCNC(=O)SC(C)C. The minimum Gasteiger partial charge on any atom is -0.347 e. The van der Waals surface area contributed by atoms with E-state index in [4.69, 9.17) is 0 Å². The first-order chi connectivity index (χ1) is 5.52. The number of carbonyl (C=O) groups is 1. The van der Waals surface area contributed by atoms with Crippen LogP contribution in [0.15, 0.2) is 0 Å². The highest BCUT2D eigenvalue weighted by Gasteiger charge is 2.04. The van der Waals surface area contributed by atoms with Gasteiger partial charge in [0.2, 0.25) is 0 Å². The Morgan fingerprint density at radius 3 is 2.33 bits per heavy atom. The highest BCUT2D eigenvalue weighted by atomic mass is 32.2. The van der Waals surface area contributed by atoms with Crippen molar-refractivity contribution in [2.75, 3.05) is 6.54 Å². The third-order valence-corrected chi connectivity index (χ3v) is 2.16. The van der Waals surface area contributed by atoms with Crippen LogP contribution in [0.4, 0.5) is 4.79 Å². The molecule has 0 aliphatic carbocycles. The predicted molar refractivity (Wildman–Crippen MR) is 55.6 cm³/mol. The van der Waals surface area contributed by atoms with Gasteiger partial charge in [-0.05, 0) is 12.3 Å². The number of nitrogens with one attached hydrogen (secondary N) is 1. The van der Waals surface area contributed by atoms with Crippen molar-refractivity contribution >= 4 is 17.0 Å². The van der Waals surface area contributed by atoms with Crippen LogP contribution >= 0.6 is 11.8 Å². The molecule has 3 heteroatoms. The van der Waals surface area contributed by atoms with Crippen LogP contribution < -0.4 is 5.32 Å². The van der Waals surface area contributed by atoms with Gasteiger partial charge in [-0.1, -0.05) is 39.5 Å². The van der Waals surface area contributed by atoms with Crippen molar-refractivity contribution in [1.29, 1.82) is 0 Å². The van der Waals surface area contributed by atoms with Crippen LogP contribution in [0.2, 0.25) is 0 Å². The molecular weight excluding hydrogens is 170 g/mol. The fraction of sp³-hybridized carbons (Fsp3) is 0.889. The molecule has 0 aromatic carbocycles. The third-order valence-electron chi connectivity index (χ3n) is 1.33. The van der Waals surface area contributed by atoms with Gasteiger partial charge in [-0.15, -0.1) is 0 Å². The third kappa shape index (κ3) is 7.92. The van der Waals surface area contributed by atoms with Crippen LogP contribution in [0, 0.1) is 5.92 Å². The summed E-state index contributed by atoms with van der Waals surface area (Å²) < 4.78 is 0. The molecule has 2 nitrogen and oxygen atoms in total. The van der Waals surface area contributed by atoms with Crippen LogP contribution in [0.5, 0.6) is 0 Å². The molecule has 0 aliphatic rings. The monoisotopic (exact) mass is 189 g/mol. The average molecular weight is 189 g/mol. The van der Waals surface area contributed by atoms with Crippen LogP contribution in [-0.4, -0.2) is 17.0 Å². The number of rotatable bonds is 4. The Morgan fingerprint density at radius 2 is 1.92 bits per heavy atom. The molecule has 0 saturated heterocycles. The number of thioether (sulfide) groups is 1. The second kappa shape index (κ2) is 6.35. The van der Waals surface area contributed by atoms with Crippen molar-refractivity contribution < 1.29 is 4.79 Å². The van der Waals surface area contributed by atoms with Gasteiger partial charge >= 0.3 is 0 Å². The lowest BCUT2D eigenvalue weighted by Gasteiger charge is -2.07. The predicted octanol–water partition coefficient (Wildman–Crippen LogP) is 2.88. The van der Waals surface area contributed by atoms with Gasteiger partial charge in [-0.25, -0.2) is 0 Å². The molecule has 0 unspecified atom stereocenters. The van der Waals surface area contributed by atoms with E-state index < -0.39 is 0 Å². The van der Waals surface area contributed by atoms with Crippen molar-refractivity contribution in [1.82, 2.24) is 5.32 Å². The van der Waals surface area contributed by atoms with Crippen LogP contribution in [-0.2, 0) is 0 Å². The molecule has 0 rings (SSSR count). The highest BCUT2D eigenvalue weighted by molar-refractivity contribution is 8.14. The number of hydrogen-bond donors (Lipinski definition) is 1. The van der Waals surface area contributed by atoms with Gasteiger partial charge < -0.3 is 5.32 Å². The molecule has 0 aromatic rings. The van der Waals surface area contributed by atoms with E-state index in [1.165, 1.54) is 11.8 Å². The summed E-state index contributed by atoms with van der Waals surface area (Å²) in [5.41, 5.74) is 0. The average Bonchev–Trinajstić information content (AvgIpc) is 1.84. The first-order valence-corrected chi connectivity index (χ1v) is 5.34. The van der Waals surface area contributed by atoms with Gasteiger partial charge in [-0.3, -0.25) is 4.79 Å². The summed E-state index contributed by atoms with van der Waals surface area (Å²) in [7, 11) is 0. The van der Waals surface area contributed by atoms with Gasteiger partial charge in [0.25, 0.3) is 5.24 Å². The molecule has 0 bridgehead atoms. The van der Waals surface area contributed by atoms with Crippen molar-refractivity contribution in [3.63, 3.8) is 0 Å². The molecule has 1 N–H and O–H groups in total. The Bertz CT molecular complexity index is 134. The maximum Gasteiger partial charge on any atom is 0.279 e. The van der Waals surface area contributed by atoms with Crippen LogP contribution in [0.1, 0.15) is 34.1 Å². The number of carbonyl (C=O) groups excluding carboxylic acids is 1. The summed E-state index contributed by atoms with van der Waals surface area (Å²) in [6.45, 7) is 9.15. The molecule has 0 atom stereocenters. The molecule has 12 heavy (non-hydrogen) atoms. The van der Waals surface area contributed by atoms with Gasteiger partial charge in [0.15, 0.2) is 0 Å². The Hall–Kier alpha value is -0.180. The molecule has 0 radical (unpaired) electrons. The molecule has 0 spiro atoms. The maximum absolute atomic E-state index is 11.1. The molecule has 0 saturated carbocycles. The summed E-state index contributed by atoms with van der Waals surface area (Å²) in [6.07, 6.45) is 1.06. The fourth-order valence-corrected chi connectivity index (χ4v) is 1.33. The zero-order chi connectivity index (χ0) is 9.56. The van der Waals surface area contributed by atoms with E-state index in [9.17, 15) is 4.79 Å². The van der Waals surface area contributed by atoms with E-state index >= 15 is 0 Å². The first kappa shape index (κ1) is 11.8. The molecular formula is C9H19NOS. The largest absolute Gasteiger partial charge is 0.347 e. The van der Waals surface area contributed by atoms with Gasteiger partial charge in [0, 0.05) is 11.8 Å². The molecule has 0 aromatic heterocycles. The standard InChI is InChI=1S/C9H19NOS/c1-7(2)5-6-10-9(11)12-8(3)4/h7-8H,5-6H2,1-4H3,(H,10,11). The van der Waals surface area contributed by atoms with E-state index in [0.29, 0.717) is 11.2 Å². The van der Waals surface area contributed by atoms with Crippen LogP contribution in [0.3, 0.4) is 0 Å². The molecule has 72 valence electrons. The van der Waals surface area contributed by atoms with Crippen molar-refractivity contribution in [3.05, 3.63) is 0 Å². The van der Waals surface area contributed by atoms with Crippen LogP contribution in [0.25, 0.3) is 0 Å². The smallest absolute Gasteiger partial charge is 0.279 e. The topological polar surface area (TPSA) is 29.1 Å². The fourth-order valence-electron chi connectivity index (χ4n) is 0.719. The summed E-state index contributed by atoms with van der Waals surface area (Å²) in [6, 6.07) is 0. The Labute approximate surface area is 79.5 Å². The second-order valence-corrected chi connectivity index (χ2v) is 5.11. The molecule has 0 fully saturated rings. The summed E-state index contributed by atoms with van der Waals surface area (Å²) >= 11 is 1.36. The van der Waals surface area contributed by atoms with Gasteiger partial charge in [0.1, 0.15) is 0 Å². The van der Waals surface area contributed by atoms with E-state index in [0.717, 1.165) is 13.0 Å². The van der Waals surface area contributed by atoms with Gasteiger partial charge in [0.05, 0.1) is 0 Å². The van der Waals surface area contributed by atoms with E-state index in [2.05, 4.69) is 19.2 Å². The summed E-state index contributed by atoms with van der Waals surface area (Å²) in [4.78, 5) is 11.1. The quantitative estimate of drug-likeness (QED) is 0.736. The zero-order valence-corrected chi connectivity index (χ0v) is 9.20. The lowest BCUT2D eigenvalue weighted by molar-refractivity contribution is 0.260. The molecule has 0 aliphatic heterocycles.